The van der Waals surface area contributed by atoms with Gasteiger partial charge < -0.3 is 15.8 Å². The van der Waals surface area contributed by atoms with E-state index in [9.17, 15) is 8.42 Å². The topological polar surface area (TPSA) is 97.0 Å². The fourth-order valence-electron chi connectivity index (χ4n) is 3.05. The Kier molecular flexibility index (Phi) is 8.87. The van der Waals surface area contributed by atoms with Crippen molar-refractivity contribution < 1.29 is 13.2 Å². The van der Waals surface area contributed by atoms with Gasteiger partial charge in [0.05, 0.1) is 25.5 Å². The Bertz CT molecular complexity index is 944. The van der Waals surface area contributed by atoms with E-state index in [1.54, 1.807) is 0 Å². The maximum atomic E-state index is 12.7. The summed E-state index contributed by atoms with van der Waals surface area (Å²) in [5.41, 5.74) is 9.56. The van der Waals surface area contributed by atoms with Gasteiger partial charge in [0.25, 0.3) is 0 Å². The minimum atomic E-state index is -3.39. The highest BCUT2D eigenvalue weighted by atomic mass is 127. The Morgan fingerprint density at radius 2 is 1.83 bits per heavy atom. The number of aliphatic imine (C=N–C) groups is 1. The van der Waals surface area contributed by atoms with Crippen LogP contribution in [0.5, 0.6) is 0 Å². The molecule has 0 bridgehead atoms. The lowest BCUT2D eigenvalue weighted by Gasteiger charge is -2.26. The Morgan fingerprint density at radius 3 is 2.52 bits per heavy atom. The van der Waals surface area contributed by atoms with Crippen LogP contribution in [0.3, 0.4) is 0 Å². The summed E-state index contributed by atoms with van der Waals surface area (Å²) in [5, 5.41) is 3.06. The molecule has 3 N–H and O–H groups in total. The first kappa shape index (κ1) is 23.6. The van der Waals surface area contributed by atoms with Gasteiger partial charge in [0.2, 0.25) is 10.0 Å². The molecule has 2 aromatic rings. The zero-order valence-corrected chi connectivity index (χ0v) is 19.5. The molecule has 0 radical (unpaired) electrons. The molecule has 1 saturated heterocycles. The maximum Gasteiger partial charge on any atom is 0.218 e. The molecule has 0 atom stereocenters. The van der Waals surface area contributed by atoms with Crippen molar-refractivity contribution in [1.29, 1.82) is 0 Å². The van der Waals surface area contributed by atoms with Crippen LogP contribution in [0.2, 0.25) is 0 Å². The van der Waals surface area contributed by atoms with E-state index < -0.39 is 10.0 Å². The van der Waals surface area contributed by atoms with Crippen molar-refractivity contribution in [2.45, 2.75) is 19.2 Å². The lowest BCUT2D eigenvalue weighted by atomic mass is 10.1. The molecule has 7 nitrogen and oxygen atoms in total. The number of halogens is 1. The molecule has 0 unspecified atom stereocenters. The predicted octanol–water partition coefficient (Wildman–Crippen LogP) is 2.70. The first-order valence-corrected chi connectivity index (χ1v) is 10.8. The van der Waals surface area contributed by atoms with Crippen LogP contribution in [0.4, 0.5) is 5.69 Å². The Hall–Kier alpha value is -1.69. The van der Waals surface area contributed by atoms with Crippen LogP contribution in [0, 0.1) is 6.92 Å². The number of aryl methyl sites for hydroxylation is 1. The quantitative estimate of drug-likeness (QED) is 0.340. The smallest absolute Gasteiger partial charge is 0.218 e. The standard InChI is InChI=1S/C20H26N4O3S.HI/c1-16-5-4-8-19(13-16)23-20(21)22-14-17-6-2-3-7-18(17)15-28(25,26)24-9-11-27-12-10-24;/h2-8,13H,9-12,14-15H2,1H3,(H3,21,22,23);1H. The van der Waals surface area contributed by atoms with Crippen molar-refractivity contribution >= 4 is 45.6 Å². The Labute approximate surface area is 189 Å². The van der Waals surface area contributed by atoms with Gasteiger partial charge in [0.15, 0.2) is 5.96 Å². The molecule has 158 valence electrons. The second-order valence-corrected chi connectivity index (χ2v) is 8.70. The third-order valence-electron chi connectivity index (χ3n) is 4.53. The van der Waals surface area contributed by atoms with Crippen LogP contribution in [0.15, 0.2) is 53.5 Å². The number of benzene rings is 2. The fourth-order valence-corrected chi connectivity index (χ4v) is 4.61. The van der Waals surface area contributed by atoms with Crippen LogP contribution in [0.25, 0.3) is 0 Å². The lowest BCUT2D eigenvalue weighted by Crippen LogP contribution is -2.41. The third-order valence-corrected chi connectivity index (χ3v) is 6.36. The number of guanidine groups is 1. The molecule has 29 heavy (non-hydrogen) atoms. The lowest BCUT2D eigenvalue weighted by molar-refractivity contribution is 0.0729. The highest BCUT2D eigenvalue weighted by Crippen LogP contribution is 2.17. The molecule has 9 heteroatoms. The summed E-state index contributed by atoms with van der Waals surface area (Å²) in [6.45, 7) is 3.98. The van der Waals surface area contributed by atoms with Crippen molar-refractivity contribution in [3.63, 3.8) is 0 Å². The highest BCUT2D eigenvalue weighted by molar-refractivity contribution is 14.0. The van der Waals surface area contributed by atoms with Crippen molar-refractivity contribution in [2.24, 2.45) is 10.7 Å². The van der Waals surface area contributed by atoms with Crippen molar-refractivity contribution in [2.75, 3.05) is 31.6 Å². The van der Waals surface area contributed by atoms with Gasteiger partial charge in [0, 0.05) is 18.8 Å². The first-order valence-electron chi connectivity index (χ1n) is 9.20. The number of nitrogens with two attached hydrogens (primary N) is 1. The van der Waals surface area contributed by atoms with E-state index in [1.165, 1.54) is 4.31 Å². The number of nitrogens with zero attached hydrogens (tertiary/aromatic N) is 2. The normalized spacial score (nSPS) is 15.6. The molecule has 2 aromatic carbocycles. The summed E-state index contributed by atoms with van der Waals surface area (Å²) in [6, 6.07) is 15.3. The van der Waals surface area contributed by atoms with Gasteiger partial charge in [-0.2, -0.15) is 4.31 Å². The minimum Gasteiger partial charge on any atom is -0.379 e. The SMILES string of the molecule is Cc1cccc(NC(N)=NCc2ccccc2CS(=O)(=O)N2CCOCC2)c1.I. The van der Waals surface area contributed by atoms with Gasteiger partial charge in [-0.1, -0.05) is 36.4 Å². The second-order valence-electron chi connectivity index (χ2n) is 6.73. The Balaban J connectivity index is 0.00000300. The van der Waals surface area contributed by atoms with Crippen molar-refractivity contribution in [3.8, 4) is 0 Å². The van der Waals surface area contributed by atoms with E-state index in [0.717, 1.165) is 22.4 Å². The molecular formula is C20H27IN4O3S. The fraction of sp³-hybridized carbons (Fsp3) is 0.350. The van der Waals surface area contributed by atoms with Gasteiger partial charge in [-0.25, -0.2) is 13.4 Å². The molecule has 0 spiro atoms. The molecule has 1 aliphatic heterocycles. The largest absolute Gasteiger partial charge is 0.379 e. The third kappa shape index (κ3) is 6.95. The molecule has 1 heterocycles. The van der Waals surface area contributed by atoms with Crippen molar-refractivity contribution in [3.05, 3.63) is 65.2 Å². The first-order chi connectivity index (χ1) is 13.4. The number of anilines is 1. The van der Waals surface area contributed by atoms with E-state index in [2.05, 4.69) is 10.3 Å². The number of nitrogens with one attached hydrogen (secondary N) is 1. The molecule has 0 saturated carbocycles. The maximum absolute atomic E-state index is 12.7. The van der Waals surface area contributed by atoms with Crippen LogP contribution in [-0.2, 0) is 27.1 Å². The average Bonchev–Trinajstić information content (AvgIpc) is 2.68. The summed E-state index contributed by atoms with van der Waals surface area (Å²) in [6.07, 6.45) is 0. The van der Waals surface area contributed by atoms with Crippen LogP contribution in [-0.4, -0.2) is 45.0 Å². The molecule has 0 amide bonds. The van der Waals surface area contributed by atoms with E-state index in [0.29, 0.717) is 32.8 Å². The summed E-state index contributed by atoms with van der Waals surface area (Å²) < 4.78 is 32.2. The van der Waals surface area contributed by atoms with Gasteiger partial charge in [0.1, 0.15) is 0 Å². The number of hydrogen-bond acceptors (Lipinski definition) is 4. The molecule has 0 aromatic heterocycles. The molecule has 1 aliphatic rings. The zero-order chi connectivity index (χ0) is 20.0. The van der Waals surface area contributed by atoms with Gasteiger partial charge in [-0.15, -0.1) is 24.0 Å². The van der Waals surface area contributed by atoms with Crippen LogP contribution in [0.1, 0.15) is 16.7 Å². The monoisotopic (exact) mass is 530 g/mol. The number of sulfonamides is 1. The highest BCUT2D eigenvalue weighted by Gasteiger charge is 2.25. The van der Waals surface area contributed by atoms with E-state index in [1.807, 2.05) is 55.5 Å². The summed E-state index contributed by atoms with van der Waals surface area (Å²) in [7, 11) is -3.39. The van der Waals surface area contributed by atoms with Crippen molar-refractivity contribution in [1.82, 2.24) is 4.31 Å². The minimum absolute atomic E-state index is 0. The van der Waals surface area contributed by atoms with Gasteiger partial charge in [-0.3, -0.25) is 0 Å². The predicted molar refractivity (Wildman–Crippen MR) is 127 cm³/mol. The molecule has 0 aliphatic carbocycles. The summed E-state index contributed by atoms with van der Waals surface area (Å²) in [4.78, 5) is 4.38. The van der Waals surface area contributed by atoms with Gasteiger partial charge in [-0.05, 0) is 35.7 Å². The second kappa shape index (κ2) is 10.9. The van der Waals surface area contributed by atoms with Crippen LogP contribution >= 0.6 is 24.0 Å². The molecular weight excluding hydrogens is 503 g/mol. The number of ether oxygens (including phenoxy) is 1. The van der Waals surface area contributed by atoms with Crippen LogP contribution < -0.4 is 11.1 Å². The molecule has 1 fully saturated rings. The number of hydrogen-bond donors (Lipinski definition) is 2. The van der Waals surface area contributed by atoms with Gasteiger partial charge >= 0.3 is 0 Å². The summed E-state index contributed by atoms with van der Waals surface area (Å²) >= 11 is 0. The number of morpholine rings is 1. The summed E-state index contributed by atoms with van der Waals surface area (Å²) in [5.74, 6) is 0.237. The number of rotatable bonds is 6. The van der Waals surface area contributed by atoms with E-state index in [-0.39, 0.29) is 35.7 Å². The molecule has 3 rings (SSSR count). The Morgan fingerprint density at radius 1 is 1.14 bits per heavy atom. The van der Waals surface area contributed by atoms with E-state index >= 15 is 0 Å². The average molecular weight is 530 g/mol. The zero-order valence-electron chi connectivity index (χ0n) is 16.4. The van der Waals surface area contributed by atoms with E-state index in [4.69, 9.17) is 10.5 Å².